The highest BCUT2D eigenvalue weighted by molar-refractivity contribution is 6.29. The van der Waals surface area contributed by atoms with E-state index in [2.05, 4.69) is 4.98 Å². The molecule has 0 fully saturated rings. The van der Waals surface area contributed by atoms with E-state index < -0.39 is 4.92 Å². The predicted molar refractivity (Wildman–Crippen MR) is 69.0 cm³/mol. The molecule has 19 heavy (non-hydrogen) atoms. The molecule has 0 aliphatic heterocycles. The lowest BCUT2D eigenvalue weighted by Gasteiger charge is -2.09. The number of aromatic nitrogens is 1. The Labute approximate surface area is 113 Å². The van der Waals surface area contributed by atoms with Gasteiger partial charge in [-0.2, -0.15) is 0 Å². The second kappa shape index (κ2) is 5.53. The Morgan fingerprint density at radius 3 is 2.68 bits per heavy atom. The van der Waals surface area contributed by atoms with Crippen LogP contribution in [0.25, 0.3) is 0 Å². The van der Waals surface area contributed by atoms with Crippen LogP contribution < -0.4 is 9.47 Å². The van der Waals surface area contributed by atoms with E-state index in [9.17, 15) is 10.1 Å². The van der Waals surface area contributed by atoms with Crippen molar-refractivity contribution in [1.29, 1.82) is 0 Å². The van der Waals surface area contributed by atoms with Gasteiger partial charge in [0.1, 0.15) is 5.15 Å². The van der Waals surface area contributed by atoms with E-state index in [4.69, 9.17) is 21.1 Å². The summed E-state index contributed by atoms with van der Waals surface area (Å²) < 4.78 is 10.5. The zero-order chi connectivity index (χ0) is 13.8. The van der Waals surface area contributed by atoms with Crippen molar-refractivity contribution >= 4 is 17.3 Å². The summed E-state index contributed by atoms with van der Waals surface area (Å²) in [5.74, 6) is 0.796. The van der Waals surface area contributed by atoms with E-state index in [-0.39, 0.29) is 22.5 Å². The number of hydrogen-bond donors (Lipinski definition) is 0. The minimum absolute atomic E-state index is 0.0992. The number of nitro groups is 1. The highest BCUT2D eigenvalue weighted by Gasteiger charge is 2.13. The highest BCUT2D eigenvalue weighted by Crippen LogP contribution is 2.34. The Morgan fingerprint density at radius 1 is 1.26 bits per heavy atom. The molecule has 0 saturated carbocycles. The van der Waals surface area contributed by atoms with Crippen LogP contribution >= 0.6 is 11.6 Å². The average Bonchev–Trinajstić information content (AvgIpc) is 2.38. The van der Waals surface area contributed by atoms with Crippen LogP contribution in [0.5, 0.6) is 17.4 Å². The summed E-state index contributed by atoms with van der Waals surface area (Å²) in [6, 6.07) is 8.90. The standard InChI is InChI=1S/C12H9ClN2O4/c1-18-9-6-5-8(15(16)17)7-10(9)19-12-4-2-3-11(13)14-12/h2-7H,1H3. The topological polar surface area (TPSA) is 74.5 Å². The molecule has 98 valence electrons. The average molecular weight is 281 g/mol. The smallest absolute Gasteiger partial charge is 0.273 e. The molecule has 0 N–H and O–H groups in total. The van der Waals surface area contributed by atoms with Gasteiger partial charge in [0.15, 0.2) is 11.5 Å². The molecule has 0 aliphatic carbocycles. The summed E-state index contributed by atoms with van der Waals surface area (Å²) in [6.07, 6.45) is 0. The van der Waals surface area contributed by atoms with E-state index in [1.165, 1.54) is 25.3 Å². The van der Waals surface area contributed by atoms with Gasteiger partial charge < -0.3 is 9.47 Å². The first kappa shape index (κ1) is 13.1. The second-order valence-electron chi connectivity index (χ2n) is 3.49. The lowest BCUT2D eigenvalue weighted by atomic mass is 10.3. The Kier molecular flexibility index (Phi) is 3.82. The Morgan fingerprint density at radius 2 is 2.05 bits per heavy atom. The van der Waals surface area contributed by atoms with Crippen molar-refractivity contribution in [3.05, 3.63) is 51.7 Å². The summed E-state index contributed by atoms with van der Waals surface area (Å²) in [7, 11) is 1.44. The minimum Gasteiger partial charge on any atom is -0.493 e. The molecule has 0 radical (unpaired) electrons. The molecular weight excluding hydrogens is 272 g/mol. The van der Waals surface area contributed by atoms with Crippen LogP contribution in [0.2, 0.25) is 5.15 Å². The zero-order valence-electron chi connectivity index (χ0n) is 9.87. The molecule has 0 aliphatic rings. The monoisotopic (exact) mass is 280 g/mol. The van der Waals surface area contributed by atoms with Gasteiger partial charge in [-0.1, -0.05) is 17.7 Å². The van der Waals surface area contributed by atoms with Crippen LogP contribution in [-0.4, -0.2) is 17.0 Å². The number of rotatable bonds is 4. The number of nitrogens with zero attached hydrogens (tertiary/aromatic N) is 2. The molecule has 0 bridgehead atoms. The number of benzene rings is 1. The predicted octanol–water partition coefficient (Wildman–Crippen LogP) is 3.44. The largest absolute Gasteiger partial charge is 0.493 e. The van der Waals surface area contributed by atoms with Crippen molar-refractivity contribution in [2.75, 3.05) is 7.11 Å². The fourth-order valence-electron chi connectivity index (χ4n) is 1.42. The second-order valence-corrected chi connectivity index (χ2v) is 3.88. The summed E-state index contributed by atoms with van der Waals surface area (Å²) in [5, 5.41) is 11.0. The molecule has 2 aromatic rings. The Hall–Kier alpha value is -2.34. The number of hydrogen-bond acceptors (Lipinski definition) is 5. The first-order valence-corrected chi connectivity index (χ1v) is 5.61. The van der Waals surface area contributed by atoms with Gasteiger partial charge in [0, 0.05) is 12.1 Å². The van der Waals surface area contributed by atoms with E-state index >= 15 is 0 Å². The van der Waals surface area contributed by atoms with Crippen molar-refractivity contribution < 1.29 is 14.4 Å². The van der Waals surface area contributed by atoms with E-state index in [1.54, 1.807) is 18.2 Å². The van der Waals surface area contributed by atoms with Crippen molar-refractivity contribution in [2.45, 2.75) is 0 Å². The highest BCUT2D eigenvalue weighted by atomic mass is 35.5. The molecule has 0 unspecified atom stereocenters. The lowest BCUT2D eigenvalue weighted by molar-refractivity contribution is -0.384. The van der Waals surface area contributed by atoms with Crippen LogP contribution in [0.1, 0.15) is 0 Å². The quantitative estimate of drug-likeness (QED) is 0.487. The third-order valence-electron chi connectivity index (χ3n) is 2.26. The number of halogens is 1. The molecule has 0 amide bonds. The van der Waals surface area contributed by atoms with Gasteiger partial charge in [0.2, 0.25) is 5.88 Å². The Bertz CT molecular complexity index is 618. The van der Waals surface area contributed by atoms with Crippen LogP contribution in [0.4, 0.5) is 5.69 Å². The van der Waals surface area contributed by atoms with Crippen LogP contribution in [0, 0.1) is 10.1 Å². The minimum atomic E-state index is -0.516. The van der Waals surface area contributed by atoms with Crippen LogP contribution in [-0.2, 0) is 0 Å². The molecule has 1 heterocycles. The lowest BCUT2D eigenvalue weighted by Crippen LogP contribution is -1.94. The molecule has 7 heteroatoms. The fraction of sp³-hybridized carbons (Fsp3) is 0.0833. The molecule has 1 aromatic carbocycles. The van der Waals surface area contributed by atoms with Gasteiger partial charge in [0.25, 0.3) is 5.69 Å². The number of nitro benzene ring substituents is 1. The normalized spacial score (nSPS) is 10.0. The molecule has 6 nitrogen and oxygen atoms in total. The van der Waals surface area contributed by atoms with Crippen LogP contribution in [0.3, 0.4) is 0 Å². The van der Waals surface area contributed by atoms with Gasteiger partial charge in [-0.15, -0.1) is 0 Å². The summed E-state index contributed by atoms with van der Waals surface area (Å²) in [6.45, 7) is 0. The number of non-ortho nitro benzene ring substituents is 1. The van der Waals surface area contributed by atoms with Gasteiger partial charge >= 0.3 is 0 Å². The number of pyridine rings is 1. The molecule has 0 saturated heterocycles. The maximum Gasteiger partial charge on any atom is 0.273 e. The van der Waals surface area contributed by atoms with Crippen molar-refractivity contribution in [3.8, 4) is 17.4 Å². The van der Waals surface area contributed by atoms with Gasteiger partial charge in [0.05, 0.1) is 18.1 Å². The van der Waals surface area contributed by atoms with Crippen molar-refractivity contribution in [3.63, 3.8) is 0 Å². The summed E-state index contributed by atoms with van der Waals surface area (Å²) >= 11 is 5.74. The summed E-state index contributed by atoms with van der Waals surface area (Å²) in [4.78, 5) is 14.2. The summed E-state index contributed by atoms with van der Waals surface area (Å²) in [5.41, 5.74) is -0.0992. The maximum absolute atomic E-state index is 10.7. The molecule has 1 aromatic heterocycles. The van der Waals surface area contributed by atoms with E-state index in [0.29, 0.717) is 5.75 Å². The first-order chi connectivity index (χ1) is 9.10. The number of ether oxygens (including phenoxy) is 2. The fourth-order valence-corrected chi connectivity index (χ4v) is 1.57. The number of methoxy groups -OCH3 is 1. The maximum atomic E-state index is 10.7. The van der Waals surface area contributed by atoms with E-state index in [0.717, 1.165) is 0 Å². The molecule has 0 atom stereocenters. The third-order valence-corrected chi connectivity index (χ3v) is 2.47. The molecule has 0 spiro atoms. The van der Waals surface area contributed by atoms with Gasteiger partial charge in [-0.3, -0.25) is 10.1 Å². The first-order valence-electron chi connectivity index (χ1n) is 5.23. The van der Waals surface area contributed by atoms with Gasteiger partial charge in [-0.05, 0) is 12.1 Å². The van der Waals surface area contributed by atoms with Gasteiger partial charge in [-0.25, -0.2) is 4.98 Å². The molecular formula is C12H9ClN2O4. The van der Waals surface area contributed by atoms with Crippen molar-refractivity contribution in [2.24, 2.45) is 0 Å². The molecule has 2 rings (SSSR count). The zero-order valence-corrected chi connectivity index (χ0v) is 10.6. The Balaban J connectivity index is 2.37. The third kappa shape index (κ3) is 3.11. The van der Waals surface area contributed by atoms with Crippen molar-refractivity contribution in [1.82, 2.24) is 4.98 Å². The SMILES string of the molecule is COc1ccc([N+](=O)[O-])cc1Oc1cccc(Cl)n1. The van der Waals surface area contributed by atoms with Crippen LogP contribution in [0.15, 0.2) is 36.4 Å². The van der Waals surface area contributed by atoms with E-state index in [1.807, 2.05) is 0 Å².